The van der Waals surface area contributed by atoms with Crippen LogP contribution in [0.4, 0.5) is 0 Å². The maximum absolute atomic E-state index is 12.4. The molecule has 0 bridgehead atoms. The minimum absolute atomic E-state index is 0.0394. The number of carbonyl (C=O) groups excluding carboxylic acids is 2. The lowest BCUT2D eigenvalue weighted by molar-refractivity contribution is -0.126. The molecule has 23 heavy (non-hydrogen) atoms. The molecule has 1 aromatic heterocycles. The molecule has 4 nitrogen and oxygen atoms in total. The minimum atomic E-state index is -0.114. The average Bonchev–Trinajstić information content (AvgIpc) is 3.14. The number of amides is 2. The molecule has 1 aliphatic rings. The molecular weight excluding hydrogens is 308 g/mol. The fourth-order valence-electron chi connectivity index (χ4n) is 2.86. The highest BCUT2D eigenvalue weighted by Crippen LogP contribution is 2.20. The fraction of sp³-hybridized carbons (Fsp3) is 0.333. The molecule has 2 amide bonds. The van der Waals surface area contributed by atoms with Gasteiger partial charge >= 0.3 is 0 Å². The van der Waals surface area contributed by atoms with Crippen molar-refractivity contribution in [3.05, 3.63) is 58.3 Å². The van der Waals surface area contributed by atoms with Gasteiger partial charge in [0.15, 0.2) is 0 Å². The number of nitrogens with one attached hydrogen (secondary N) is 1. The van der Waals surface area contributed by atoms with E-state index in [4.69, 9.17) is 0 Å². The Morgan fingerprint density at radius 1 is 1.17 bits per heavy atom. The van der Waals surface area contributed by atoms with Crippen LogP contribution in [0.15, 0.2) is 47.8 Å². The predicted molar refractivity (Wildman–Crippen MR) is 91.2 cm³/mol. The second kappa shape index (κ2) is 7.42. The second-order valence-corrected chi connectivity index (χ2v) is 6.72. The molecule has 2 aromatic rings. The summed E-state index contributed by atoms with van der Waals surface area (Å²) in [6, 6.07) is 13.6. The lowest BCUT2D eigenvalue weighted by atomic mass is 9.97. The van der Waals surface area contributed by atoms with Gasteiger partial charge in [-0.05, 0) is 29.9 Å². The van der Waals surface area contributed by atoms with Crippen molar-refractivity contribution in [3.63, 3.8) is 0 Å². The average molecular weight is 328 g/mol. The number of thiophene rings is 1. The van der Waals surface area contributed by atoms with E-state index < -0.39 is 0 Å². The van der Waals surface area contributed by atoms with E-state index in [2.05, 4.69) is 5.32 Å². The standard InChI is InChI=1S/C18H20N2O2S/c21-17(19-12-14-6-2-1-3-7-14)15-8-4-10-20(13-15)18(22)16-9-5-11-23-16/h1-3,5-7,9,11,15H,4,8,10,12-13H2,(H,19,21)/t15-/m1/s1. The van der Waals surface area contributed by atoms with Gasteiger partial charge in [0.25, 0.3) is 5.91 Å². The normalized spacial score (nSPS) is 17.7. The van der Waals surface area contributed by atoms with Gasteiger partial charge in [0.1, 0.15) is 0 Å². The van der Waals surface area contributed by atoms with Crippen LogP contribution in [0, 0.1) is 5.92 Å². The summed E-state index contributed by atoms with van der Waals surface area (Å²) < 4.78 is 0. The van der Waals surface area contributed by atoms with Crippen LogP contribution in [-0.4, -0.2) is 29.8 Å². The summed E-state index contributed by atoms with van der Waals surface area (Å²) in [6.45, 7) is 1.78. The molecule has 3 rings (SSSR count). The maximum Gasteiger partial charge on any atom is 0.263 e. The van der Waals surface area contributed by atoms with Crippen LogP contribution in [0.1, 0.15) is 28.1 Å². The van der Waals surface area contributed by atoms with Gasteiger partial charge in [-0.3, -0.25) is 9.59 Å². The van der Waals surface area contributed by atoms with E-state index in [9.17, 15) is 9.59 Å². The van der Waals surface area contributed by atoms with Crippen LogP contribution < -0.4 is 5.32 Å². The Balaban J connectivity index is 1.55. The van der Waals surface area contributed by atoms with Gasteiger partial charge in [-0.2, -0.15) is 0 Å². The van der Waals surface area contributed by atoms with Gasteiger partial charge in [-0.1, -0.05) is 36.4 Å². The van der Waals surface area contributed by atoms with Crippen LogP contribution in [-0.2, 0) is 11.3 Å². The second-order valence-electron chi connectivity index (χ2n) is 5.77. The van der Waals surface area contributed by atoms with Gasteiger partial charge in [0.05, 0.1) is 10.8 Å². The summed E-state index contributed by atoms with van der Waals surface area (Å²) in [4.78, 5) is 27.3. The van der Waals surface area contributed by atoms with Crippen molar-refractivity contribution >= 4 is 23.2 Å². The molecule has 0 spiro atoms. The molecule has 0 saturated carbocycles. The minimum Gasteiger partial charge on any atom is -0.352 e. The molecule has 1 aliphatic heterocycles. The molecular formula is C18H20N2O2S. The zero-order valence-corrected chi connectivity index (χ0v) is 13.7. The lowest BCUT2D eigenvalue weighted by Gasteiger charge is -2.31. The van der Waals surface area contributed by atoms with E-state index in [0.717, 1.165) is 29.8 Å². The summed E-state index contributed by atoms with van der Waals surface area (Å²) in [6.07, 6.45) is 1.72. The number of carbonyl (C=O) groups is 2. The van der Waals surface area contributed by atoms with E-state index in [1.54, 1.807) is 0 Å². The summed E-state index contributed by atoms with van der Waals surface area (Å²) in [5.41, 5.74) is 1.09. The fourth-order valence-corrected chi connectivity index (χ4v) is 3.55. The zero-order chi connectivity index (χ0) is 16.1. The maximum atomic E-state index is 12.4. The van der Waals surface area contributed by atoms with Gasteiger partial charge in [0.2, 0.25) is 5.91 Å². The highest BCUT2D eigenvalue weighted by atomic mass is 32.1. The van der Waals surface area contributed by atoms with Crippen molar-refractivity contribution in [1.29, 1.82) is 0 Å². The predicted octanol–water partition coefficient (Wildman–Crippen LogP) is 2.92. The van der Waals surface area contributed by atoms with Crippen molar-refractivity contribution in [3.8, 4) is 0 Å². The van der Waals surface area contributed by atoms with E-state index in [0.29, 0.717) is 13.1 Å². The third-order valence-electron chi connectivity index (χ3n) is 4.12. The summed E-state index contributed by atoms with van der Waals surface area (Å²) >= 11 is 1.45. The SMILES string of the molecule is O=C(NCc1ccccc1)[C@@H]1CCCN(C(=O)c2cccs2)C1. The molecule has 5 heteroatoms. The van der Waals surface area contributed by atoms with Crippen LogP contribution in [0.5, 0.6) is 0 Å². The number of hydrogen-bond acceptors (Lipinski definition) is 3. The molecule has 1 fully saturated rings. The molecule has 0 unspecified atom stereocenters. The van der Waals surface area contributed by atoms with E-state index in [-0.39, 0.29) is 17.7 Å². The third-order valence-corrected chi connectivity index (χ3v) is 4.98. The third kappa shape index (κ3) is 3.99. The van der Waals surface area contributed by atoms with Crippen molar-refractivity contribution < 1.29 is 9.59 Å². The van der Waals surface area contributed by atoms with Crippen LogP contribution in [0.3, 0.4) is 0 Å². The smallest absolute Gasteiger partial charge is 0.263 e. The van der Waals surface area contributed by atoms with Crippen molar-refractivity contribution in [2.24, 2.45) is 5.92 Å². The van der Waals surface area contributed by atoms with Crippen molar-refractivity contribution in [2.45, 2.75) is 19.4 Å². The highest BCUT2D eigenvalue weighted by Gasteiger charge is 2.29. The number of nitrogens with zero attached hydrogens (tertiary/aromatic N) is 1. The van der Waals surface area contributed by atoms with Gasteiger partial charge in [-0.25, -0.2) is 0 Å². The number of hydrogen-bond donors (Lipinski definition) is 1. The Morgan fingerprint density at radius 3 is 2.74 bits per heavy atom. The van der Waals surface area contributed by atoms with E-state index in [1.165, 1.54) is 11.3 Å². The van der Waals surface area contributed by atoms with Gasteiger partial charge < -0.3 is 10.2 Å². The largest absolute Gasteiger partial charge is 0.352 e. The number of piperidine rings is 1. The molecule has 0 radical (unpaired) electrons. The lowest BCUT2D eigenvalue weighted by Crippen LogP contribution is -2.45. The monoisotopic (exact) mass is 328 g/mol. The Morgan fingerprint density at radius 2 is 2.00 bits per heavy atom. The Kier molecular flexibility index (Phi) is 5.08. The Labute approximate surface area is 140 Å². The topological polar surface area (TPSA) is 49.4 Å². The van der Waals surface area contributed by atoms with Crippen molar-refractivity contribution in [1.82, 2.24) is 10.2 Å². The summed E-state index contributed by atoms with van der Waals surface area (Å²) in [5.74, 6) is -0.0329. The molecule has 1 N–H and O–H groups in total. The summed E-state index contributed by atoms with van der Waals surface area (Å²) in [5, 5.41) is 4.89. The number of benzene rings is 1. The van der Waals surface area contributed by atoms with E-state index >= 15 is 0 Å². The molecule has 1 atom stereocenters. The quantitative estimate of drug-likeness (QED) is 0.938. The van der Waals surface area contributed by atoms with Gasteiger partial charge in [-0.15, -0.1) is 11.3 Å². The Hall–Kier alpha value is -2.14. The highest BCUT2D eigenvalue weighted by molar-refractivity contribution is 7.12. The first-order valence-corrected chi connectivity index (χ1v) is 8.76. The first-order valence-electron chi connectivity index (χ1n) is 7.88. The first-order chi connectivity index (χ1) is 11.2. The summed E-state index contributed by atoms with van der Waals surface area (Å²) in [7, 11) is 0. The van der Waals surface area contributed by atoms with Crippen molar-refractivity contribution in [2.75, 3.05) is 13.1 Å². The molecule has 120 valence electrons. The molecule has 1 aromatic carbocycles. The molecule has 0 aliphatic carbocycles. The van der Waals surface area contributed by atoms with Gasteiger partial charge in [0, 0.05) is 19.6 Å². The Bertz CT molecular complexity index is 655. The van der Waals surface area contributed by atoms with Crippen LogP contribution in [0.2, 0.25) is 0 Å². The van der Waals surface area contributed by atoms with Crippen LogP contribution >= 0.6 is 11.3 Å². The van der Waals surface area contributed by atoms with E-state index in [1.807, 2.05) is 52.7 Å². The first kappa shape index (κ1) is 15.7. The zero-order valence-electron chi connectivity index (χ0n) is 12.9. The molecule has 1 saturated heterocycles. The van der Waals surface area contributed by atoms with Crippen LogP contribution in [0.25, 0.3) is 0 Å². The number of rotatable bonds is 4. The number of likely N-dealkylation sites (tertiary alicyclic amines) is 1. The molecule has 2 heterocycles.